The van der Waals surface area contributed by atoms with Crippen LogP contribution in [-0.2, 0) is 4.79 Å². The van der Waals surface area contributed by atoms with Crippen LogP contribution in [0.5, 0.6) is 5.75 Å². The van der Waals surface area contributed by atoms with Gasteiger partial charge in [0.1, 0.15) is 5.75 Å². The number of ether oxygens (including phenoxy) is 1. The van der Waals surface area contributed by atoms with Crippen molar-refractivity contribution in [2.75, 3.05) is 19.0 Å². The highest BCUT2D eigenvalue weighted by Gasteiger charge is 2.06. The van der Waals surface area contributed by atoms with E-state index in [1.165, 1.54) is 0 Å². The highest BCUT2D eigenvalue weighted by molar-refractivity contribution is 9.10. The van der Waals surface area contributed by atoms with Crippen LogP contribution in [-0.4, -0.2) is 25.6 Å². The lowest BCUT2D eigenvalue weighted by atomic mass is 10.2. The molecule has 0 aliphatic heterocycles. The number of hydrogen-bond acceptors (Lipinski definition) is 3. The van der Waals surface area contributed by atoms with Crippen LogP contribution in [0.25, 0.3) is 0 Å². The van der Waals surface area contributed by atoms with Crippen LogP contribution >= 0.6 is 15.9 Å². The Kier molecular flexibility index (Phi) is 6.15. The van der Waals surface area contributed by atoms with Gasteiger partial charge in [-0.05, 0) is 25.5 Å². The summed E-state index contributed by atoms with van der Waals surface area (Å²) in [6, 6.07) is 5.80. The number of anilines is 1. The van der Waals surface area contributed by atoms with Gasteiger partial charge in [-0.2, -0.15) is 0 Å². The second kappa shape index (κ2) is 7.38. The van der Waals surface area contributed by atoms with E-state index in [2.05, 4.69) is 40.4 Å². The summed E-state index contributed by atoms with van der Waals surface area (Å²) in [4.78, 5) is 11.7. The molecule has 1 amide bonds. The number of rotatable bonds is 6. The Morgan fingerprint density at radius 3 is 2.78 bits per heavy atom. The molecule has 100 valence electrons. The summed E-state index contributed by atoms with van der Waals surface area (Å²) >= 11 is 3.37. The molecule has 1 atom stereocenters. The fraction of sp³-hybridized carbons (Fsp3) is 0.462. The Labute approximate surface area is 116 Å². The zero-order chi connectivity index (χ0) is 13.5. The molecule has 0 aliphatic rings. The Balaban J connectivity index is 2.56. The van der Waals surface area contributed by atoms with Crippen LogP contribution in [0.3, 0.4) is 0 Å². The summed E-state index contributed by atoms with van der Waals surface area (Å²) < 4.78 is 6.00. The molecule has 0 saturated heterocycles. The van der Waals surface area contributed by atoms with Crippen molar-refractivity contribution in [1.29, 1.82) is 0 Å². The third kappa shape index (κ3) is 5.06. The number of carbonyl (C=O) groups excluding carboxylic acids is 1. The van der Waals surface area contributed by atoms with Gasteiger partial charge in [-0.1, -0.05) is 22.9 Å². The molecule has 0 bridgehead atoms. The summed E-state index contributed by atoms with van der Waals surface area (Å²) in [6.07, 6.45) is 0.998. The minimum Gasteiger partial charge on any atom is -0.497 e. The average molecular weight is 315 g/mol. The molecule has 1 aromatic rings. The third-order valence-electron chi connectivity index (χ3n) is 2.61. The number of nitrogens with one attached hydrogen (secondary N) is 2. The van der Waals surface area contributed by atoms with E-state index in [0.717, 1.165) is 16.6 Å². The van der Waals surface area contributed by atoms with E-state index in [-0.39, 0.29) is 5.91 Å². The molecule has 0 aliphatic carbocycles. The molecule has 0 fully saturated rings. The van der Waals surface area contributed by atoms with Gasteiger partial charge in [0.05, 0.1) is 13.7 Å². The summed E-state index contributed by atoms with van der Waals surface area (Å²) in [5, 5.41) is 5.97. The normalized spacial score (nSPS) is 12.0. The maximum Gasteiger partial charge on any atom is 0.238 e. The highest BCUT2D eigenvalue weighted by Crippen LogP contribution is 2.24. The fourth-order valence-electron chi connectivity index (χ4n) is 1.37. The van der Waals surface area contributed by atoms with Gasteiger partial charge in [-0.15, -0.1) is 0 Å². The molecular weight excluding hydrogens is 296 g/mol. The minimum absolute atomic E-state index is 0.0598. The summed E-state index contributed by atoms with van der Waals surface area (Å²) in [7, 11) is 1.60. The van der Waals surface area contributed by atoms with E-state index in [9.17, 15) is 4.79 Å². The van der Waals surface area contributed by atoms with E-state index in [0.29, 0.717) is 18.3 Å². The lowest BCUT2D eigenvalue weighted by Crippen LogP contribution is -2.33. The average Bonchev–Trinajstić information content (AvgIpc) is 2.35. The molecule has 0 spiro atoms. The number of hydrogen-bond donors (Lipinski definition) is 2. The highest BCUT2D eigenvalue weighted by atomic mass is 79.9. The number of halogens is 1. The molecule has 18 heavy (non-hydrogen) atoms. The molecular formula is C13H19BrN2O2. The zero-order valence-electron chi connectivity index (χ0n) is 10.9. The number of amides is 1. The number of benzene rings is 1. The van der Waals surface area contributed by atoms with Crippen LogP contribution in [0.4, 0.5) is 5.69 Å². The van der Waals surface area contributed by atoms with Gasteiger partial charge >= 0.3 is 0 Å². The SMILES string of the molecule is CCC(C)NCC(=O)Nc1cc(Br)cc(OC)c1. The van der Waals surface area contributed by atoms with Gasteiger partial charge in [-0.3, -0.25) is 4.79 Å². The van der Waals surface area contributed by atoms with Crippen LogP contribution in [0.1, 0.15) is 20.3 Å². The van der Waals surface area contributed by atoms with Gasteiger partial charge in [-0.25, -0.2) is 0 Å². The Hall–Kier alpha value is -1.07. The Bertz CT molecular complexity index is 410. The van der Waals surface area contributed by atoms with Crippen LogP contribution < -0.4 is 15.4 Å². The van der Waals surface area contributed by atoms with Crippen LogP contribution in [0.2, 0.25) is 0 Å². The second-order valence-corrected chi connectivity index (χ2v) is 5.03. The van der Waals surface area contributed by atoms with E-state index in [1.807, 2.05) is 12.1 Å². The van der Waals surface area contributed by atoms with Crippen molar-refractivity contribution in [1.82, 2.24) is 5.32 Å². The van der Waals surface area contributed by atoms with Gasteiger partial charge in [0, 0.05) is 22.3 Å². The zero-order valence-corrected chi connectivity index (χ0v) is 12.5. The standard InChI is InChI=1S/C13H19BrN2O2/c1-4-9(2)15-8-13(17)16-11-5-10(14)6-12(7-11)18-3/h5-7,9,15H,4,8H2,1-3H3,(H,16,17). The summed E-state index contributed by atoms with van der Waals surface area (Å²) in [5.74, 6) is 0.644. The van der Waals surface area contributed by atoms with E-state index >= 15 is 0 Å². The maximum absolute atomic E-state index is 11.7. The van der Waals surface area contributed by atoms with Gasteiger partial charge in [0.25, 0.3) is 0 Å². The van der Waals surface area contributed by atoms with Crippen LogP contribution in [0, 0.1) is 0 Å². The molecule has 0 saturated carbocycles. The molecule has 1 unspecified atom stereocenters. The third-order valence-corrected chi connectivity index (χ3v) is 3.07. The molecule has 1 rings (SSSR count). The first-order valence-corrected chi connectivity index (χ1v) is 6.72. The largest absolute Gasteiger partial charge is 0.497 e. The molecule has 1 aromatic carbocycles. The van der Waals surface area contributed by atoms with Crippen molar-refractivity contribution < 1.29 is 9.53 Å². The minimum atomic E-state index is -0.0598. The summed E-state index contributed by atoms with van der Waals surface area (Å²) in [6.45, 7) is 4.44. The second-order valence-electron chi connectivity index (χ2n) is 4.12. The van der Waals surface area contributed by atoms with Crippen molar-refractivity contribution in [2.45, 2.75) is 26.3 Å². The quantitative estimate of drug-likeness (QED) is 0.849. The first-order chi connectivity index (χ1) is 8.55. The topological polar surface area (TPSA) is 50.4 Å². The lowest BCUT2D eigenvalue weighted by Gasteiger charge is -2.12. The Morgan fingerprint density at radius 1 is 1.44 bits per heavy atom. The lowest BCUT2D eigenvalue weighted by molar-refractivity contribution is -0.115. The van der Waals surface area contributed by atoms with Crippen LogP contribution in [0.15, 0.2) is 22.7 Å². The van der Waals surface area contributed by atoms with E-state index in [1.54, 1.807) is 13.2 Å². The van der Waals surface area contributed by atoms with Crippen molar-refractivity contribution in [2.24, 2.45) is 0 Å². The smallest absolute Gasteiger partial charge is 0.238 e. The fourth-order valence-corrected chi connectivity index (χ4v) is 1.84. The molecule has 0 aromatic heterocycles. The number of methoxy groups -OCH3 is 1. The van der Waals surface area contributed by atoms with Crippen molar-refractivity contribution in [3.8, 4) is 5.75 Å². The molecule has 5 heteroatoms. The molecule has 0 radical (unpaired) electrons. The predicted octanol–water partition coefficient (Wildman–Crippen LogP) is 2.78. The van der Waals surface area contributed by atoms with E-state index < -0.39 is 0 Å². The monoisotopic (exact) mass is 314 g/mol. The molecule has 2 N–H and O–H groups in total. The number of carbonyl (C=O) groups is 1. The Morgan fingerprint density at radius 2 is 2.17 bits per heavy atom. The van der Waals surface area contributed by atoms with Gasteiger partial charge in [0.2, 0.25) is 5.91 Å². The van der Waals surface area contributed by atoms with Gasteiger partial charge < -0.3 is 15.4 Å². The molecule has 4 nitrogen and oxygen atoms in total. The van der Waals surface area contributed by atoms with Crippen molar-refractivity contribution >= 4 is 27.5 Å². The first kappa shape index (κ1) is 15.0. The molecule has 0 heterocycles. The maximum atomic E-state index is 11.7. The van der Waals surface area contributed by atoms with Crippen molar-refractivity contribution in [3.05, 3.63) is 22.7 Å². The van der Waals surface area contributed by atoms with Gasteiger partial charge in [0.15, 0.2) is 0 Å². The van der Waals surface area contributed by atoms with E-state index in [4.69, 9.17) is 4.74 Å². The summed E-state index contributed by atoms with van der Waals surface area (Å²) in [5.41, 5.74) is 0.720. The van der Waals surface area contributed by atoms with Crippen molar-refractivity contribution in [3.63, 3.8) is 0 Å². The predicted molar refractivity (Wildman–Crippen MR) is 77.1 cm³/mol. The first-order valence-electron chi connectivity index (χ1n) is 5.93.